The molecule has 0 spiro atoms. The third-order valence-corrected chi connectivity index (χ3v) is 6.93. The fourth-order valence-corrected chi connectivity index (χ4v) is 5.33. The van der Waals surface area contributed by atoms with E-state index in [1.165, 1.54) is 6.42 Å². The fourth-order valence-electron chi connectivity index (χ4n) is 5.33. The summed E-state index contributed by atoms with van der Waals surface area (Å²) in [5.74, 6) is 2.63. The lowest BCUT2D eigenvalue weighted by molar-refractivity contribution is -0.904. The average molecular weight is 347 g/mol. The van der Waals surface area contributed by atoms with E-state index in [1.54, 1.807) is 5.98 Å². The molecule has 1 saturated heterocycles. The van der Waals surface area contributed by atoms with E-state index in [4.69, 9.17) is 9.31 Å². The molecule has 6 heteroatoms. The van der Waals surface area contributed by atoms with Gasteiger partial charge < -0.3 is 13.8 Å². The highest BCUT2D eigenvalue weighted by molar-refractivity contribution is 6.54. The molecule has 4 rings (SSSR count). The molecule has 1 unspecified atom stereocenters. The predicted molar refractivity (Wildman–Crippen MR) is 95.7 cm³/mol. The molecule has 0 radical (unpaired) electrons. The minimum absolute atomic E-state index is 0.125. The quantitative estimate of drug-likeness (QED) is 0.448. The van der Waals surface area contributed by atoms with E-state index in [1.807, 2.05) is 13.0 Å². The van der Waals surface area contributed by atoms with Gasteiger partial charge in [0.05, 0.1) is 6.04 Å². The average Bonchev–Trinajstić information content (AvgIpc) is 2.50. The summed E-state index contributed by atoms with van der Waals surface area (Å²) in [6.07, 6.45) is 4.88. The molecule has 3 aliphatic carbocycles. The summed E-state index contributed by atoms with van der Waals surface area (Å²) < 4.78 is 10.8. The lowest BCUT2D eigenvalue weighted by Crippen LogP contribution is -2.68. The second-order valence-electron chi connectivity index (χ2n) is 8.74. The highest BCUT2D eigenvalue weighted by atomic mass is 16.6. The molecule has 0 N–H and O–H groups in total. The Balaban J connectivity index is 1.77. The number of hydrogen-bond acceptors (Lipinski definition) is 4. The van der Waals surface area contributed by atoms with Crippen LogP contribution in [0.3, 0.4) is 0 Å². The molecule has 4 atom stereocenters. The van der Waals surface area contributed by atoms with Gasteiger partial charge in [0.1, 0.15) is 0 Å². The first-order valence-corrected chi connectivity index (χ1v) is 9.44. The van der Waals surface area contributed by atoms with Gasteiger partial charge in [-0.15, -0.1) is 7.05 Å². The smallest absolute Gasteiger partial charge is 0.491 e. The number of carbonyl (C=O) groups is 2. The zero-order valence-corrected chi connectivity index (χ0v) is 15.9. The molecular weight excluding hydrogens is 317 g/mol. The van der Waals surface area contributed by atoms with Gasteiger partial charge in [-0.05, 0) is 36.1 Å². The molecule has 0 aromatic rings. The topological polar surface area (TPSA) is 52.6 Å². The third-order valence-electron chi connectivity index (χ3n) is 6.93. The van der Waals surface area contributed by atoms with Crippen LogP contribution in [0.15, 0.2) is 12.1 Å². The zero-order valence-electron chi connectivity index (χ0n) is 15.9. The summed E-state index contributed by atoms with van der Waals surface area (Å²) in [7, 11) is 3.40. The van der Waals surface area contributed by atoms with E-state index in [2.05, 4.69) is 27.8 Å². The Morgan fingerprint density at radius 2 is 1.84 bits per heavy atom. The van der Waals surface area contributed by atoms with Gasteiger partial charge in [-0.25, -0.2) is 9.59 Å². The maximum absolute atomic E-state index is 12.4. The van der Waals surface area contributed by atoms with Gasteiger partial charge in [-0.2, -0.15) is 0 Å². The van der Waals surface area contributed by atoms with Crippen molar-refractivity contribution < 1.29 is 23.4 Å². The van der Waals surface area contributed by atoms with Crippen LogP contribution < -0.4 is 0 Å². The first-order valence-electron chi connectivity index (χ1n) is 9.44. The van der Waals surface area contributed by atoms with Crippen LogP contribution in [0.4, 0.5) is 0 Å². The molecule has 3 saturated carbocycles. The fraction of sp³-hybridized carbons (Fsp3) is 0.737. The highest BCUT2D eigenvalue weighted by Crippen LogP contribution is 2.62. The van der Waals surface area contributed by atoms with Gasteiger partial charge in [-0.3, -0.25) is 0 Å². The van der Waals surface area contributed by atoms with Crippen molar-refractivity contribution in [3.05, 3.63) is 19.1 Å². The molecule has 0 amide bonds. The van der Waals surface area contributed by atoms with Gasteiger partial charge in [0.2, 0.25) is 0 Å². The highest BCUT2D eigenvalue weighted by Gasteiger charge is 2.59. The van der Waals surface area contributed by atoms with Gasteiger partial charge in [0.25, 0.3) is 0 Å². The monoisotopic (exact) mass is 347 g/mol. The second kappa shape index (κ2) is 6.46. The van der Waals surface area contributed by atoms with E-state index >= 15 is 0 Å². The van der Waals surface area contributed by atoms with E-state index in [-0.39, 0.29) is 35.6 Å². The summed E-state index contributed by atoms with van der Waals surface area (Å²) >= 11 is 0. The normalized spacial score (nSPS) is 36.9. The van der Waals surface area contributed by atoms with Crippen molar-refractivity contribution in [1.29, 1.82) is 0 Å². The van der Waals surface area contributed by atoms with Crippen molar-refractivity contribution in [3.8, 4) is 0 Å². The van der Waals surface area contributed by atoms with E-state index in [0.717, 1.165) is 12.8 Å². The van der Waals surface area contributed by atoms with Crippen LogP contribution in [-0.4, -0.2) is 42.7 Å². The van der Waals surface area contributed by atoms with Crippen LogP contribution in [0.5, 0.6) is 0 Å². The van der Waals surface area contributed by atoms with Crippen LogP contribution in [0.25, 0.3) is 0 Å². The summed E-state index contributed by atoms with van der Waals surface area (Å²) in [5.41, 5.74) is 0.356. The molecule has 4 fully saturated rings. The maximum atomic E-state index is 12.4. The van der Waals surface area contributed by atoms with Crippen LogP contribution in [0.1, 0.15) is 47.0 Å². The standard InChI is InChI=1S/C19H30BNO4/c1-6-7-8-20-24-17(22)11-21(5,12-18(23)25-20)16-10-14-9-15(13(16)2)19(14,3)4/h7-8,13-16H,5-6,9-12H2,1-4H3/b8-7+/t13-,14+,15?,16-/m1/s1. The van der Waals surface area contributed by atoms with Crippen LogP contribution in [0.2, 0.25) is 0 Å². The van der Waals surface area contributed by atoms with Gasteiger partial charge >= 0.3 is 19.1 Å². The maximum Gasteiger partial charge on any atom is 0.628 e. The molecule has 1 heterocycles. The Morgan fingerprint density at radius 3 is 2.32 bits per heavy atom. The number of carbonyl (C=O) groups excluding carboxylic acids is 2. The lowest BCUT2D eigenvalue weighted by atomic mass is 9.44. The molecular formula is C19H30BNO4. The predicted octanol–water partition coefficient (Wildman–Crippen LogP) is 2.76. The van der Waals surface area contributed by atoms with Crippen molar-refractivity contribution >= 4 is 19.1 Å². The number of fused-ring (bicyclic) bond motifs is 2. The van der Waals surface area contributed by atoms with Crippen LogP contribution in [-0.2, 0) is 18.9 Å². The minimum atomic E-state index is -0.912. The SMILES string of the molecule is [CH2-][N+]1([C@@H]2C[C@@H]3CC([C@H]2C)C3(C)C)CC(=O)OB(/C=C/CC)OC(=O)C1. The number of quaternary nitrogens is 1. The molecule has 2 bridgehead atoms. The molecule has 5 nitrogen and oxygen atoms in total. The van der Waals surface area contributed by atoms with E-state index in [0.29, 0.717) is 23.2 Å². The molecule has 0 aromatic carbocycles. The number of hydrogen-bond donors (Lipinski definition) is 0. The van der Waals surface area contributed by atoms with Crippen molar-refractivity contribution in [1.82, 2.24) is 0 Å². The molecule has 138 valence electrons. The minimum Gasteiger partial charge on any atom is -0.491 e. The molecule has 4 aliphatic rings. The van der Waals surface area contributed by atoms with Gasteiger partial charge in [-0.1, -0.05) is 33.8 Å². The van der Waals surface area contributed by atoms with E-state index in [9.17, 15) is 9.59 Å². The Hall–Kier alpha value is -1.30. The molecule has 0 aromatic heterocycles. The second-order valence-corrected chi connectivity index (χ2v) is 8.74. The summed E-state index contributed by atoms with van der Waals surface area (Å²) in [5, 5.41) is 0. The lowest BCUT2D eigenvalue weighted by Gasteiger charge is -2.66. The first-order chi connectivity index (χ1) is 11.7. The molecule has 1 aliphatic heterocycles. The molecule has 25 heavy (non-hydrogen) atoms. The number of nitrogens with zero attached hydrogens (tertiary/aromatic N) is 1. The van der Waals surface area contributed by atoms with Gasteiger partial charge in [0.15, 0.2) is 13.1 Å². The van der Waals surface area contributed by atoms with Crippen LogP contribution >= 0.6 is 0 Å². The summed E-state index contributed by atoms with van der Waals surface area (Å²) in [6, 6.07) is 0.194. The number of rotatable bonds is 3. The van der Waals surface area contributed by atoms with Crippen molar-refractivity contribution in [3.63, 3.8) is 0 Å². The zero-order chi connectivity index (χ0) is 18.4. The van der Waals surface area contributed by atoms with Crippen molar-refractivity contribution in [2.75, 3.05) is 13.1 Å². The van der Waals surface area contributed by atoms with Crippen LogP contribution in [0, 0.1) is 30.2 Å². The Kier molecular flexibility index (Phi) is 4.78. The summed E-state index contributed by atoms with van der Waals surface area (Å²) in [4.78, 5) is 24.8. The largest absolute Gasteiger partial charge is 0.628 e. The Bertz CT molecular complexity index is 568. The Labute approximate surface area is 151 Å². The summed E-state index contributed by atoms with van der Waals surface area (Å²) in [6.45, 7) is 9.15. The number of allylic oxidation sites excluding steroid dienone is 1. The van der Waals surface area contributed by atoms with Crippen molar-refractivity contribution in [2.24, 2.45) is 23.2 Å². The van der Waals surface area contributed by atoms with E-state index < -0.39 is 7.12 Å². The third kappa shape index (κ3) is 3.25. The van der Waals surface area contributed by atoms with Crippen molar-refractivity contribution in [2.45, 2.75) is 53.0 Å². The first kappa shape index (κ1) is 18.5. The van der Waals surface area contributed by atoms with Gasteiger partial charge in [0, 0.05) is 12.3 Å². The Morgan fingerprint density at radius 1 is 1.24 bits per heavy atom.